The van der Waals surface area contributed by atoms with Crippen molar-refractivity contribution in [1.29, 1.82) is 0 Å². The van der Waals surface area contributed by atoms with Crippen molar-refractivity contribution in [3.8, 4) is 0 Å². The molecule has 0 amide bonds. The number of hydrogen-bond acceptors (Lipinski definition) is 5. The molecule has 0 radical (unpaired) electrons. The molecule has 5 heteroatoms. The minimum absolute atomic E-state index is 0.186. The van der Waals surface area contributed by atoms with Gasteiger partial charge in [-0.2, -0.15) is 0 Å². The highest BCUT2D eigenvalue weighted by Gasteiger charge is 2.28. The van der Waals surface area contributed by atoms with Crippen molar-refractivity contribution in [1.82, 2.24) is 0 Å². The quantitative estimate of drug-likeness (QED) is 0.398. The lowest BCUT2D eigenvalue weighted by molar-refractivity contribution is -0.147. The summed E-state index contributed by atoms with van der Waals surface area (Å²) in [7, 11) is 0. The average Bonchev–Trinajstić information content (AvgIpc) is 2.52. The van der Waals surface area contributed by atoms with E-state index in [1.54, 1.807) is 44.2 Å². The molecule has 1 atom stereocenters. The van der Waals surface area contributed by atoms with Gasteiger partial charge in [-0.25, -0.2) is 0 Å². The van der Waals surface area contributed by atoms with Crippen LogP contribution >= 0.6 is 0 Å². The van der Waals surface area contributed by atoms with Crippen LogP contribution in [0.3, 0.4) is 0 Å². The molecule has 0 spiro atoms. The summed E-state index contributed by atoms with van der Waals surface area (Å²) >= 11 is 0. The van der Waals surface area contributed by atoms with Crippen LogP contribution in [0.25, 0.3) is 0 Å². The Bertz CT molecular complexity index is 495. The number of benzene rings is 1. The predicted octanol–water partition coefficient (Wildman–Crippen LogP) is 2.78. The van der Waals surface area contributed by atoms with Gasteiger partial charge in [0, 0.05) is 12.0 Å². The third kappa shape index (κ3) is 5.68. The summed E-state index contributed by atoms with van der Waals surface area (Å²) in [6.45, 7) is 3.97. The van der Waals surface area contributed by atoms with E-state index in [9.17, 15) is 14.4 Å². The first-order valence-electron chi connectivity index (χ1n) is 7.51. The lowest BCUT2D eigenvalue weighted by Gasteiger charge is -2.14. The van der Waals surface area contributed by atoms with Crippen LogP contribution in [0.5, 0.6) is 0 Å². The van der Waals surface area contributed by atoms with Gasteiger partial charge in [-0.15, -0.1) is 0 Å². The Morgan fingerprint density at radius 3 is 2.23 bits per heavy atom. The van der Waals surface area contributed by atoms with E-state index in [1.807, 2.05) is 0 Å². The number of rotatable bonds is 9. The first kappa shape index (κ1) is 17.9. The summed E-state index contributed by atoms with van der Waals surface area (Å²) in [6, 6.07) is 8.62. The maximum absolute atomic E-state index is 12.4. The molecule has 22 heavy (non-hydrogen) atoms. The molecule has 1 aromatic carbocycles. The Morgan fingerprint density at radius 1 is 1.00 bits per heavy atom. The van der Waals surface area contributed by atoms with Crippen molar-refractivity contribution in [3.05, 3.63) is 35.9 Å². The van der Waals surface area contributed by atoms with E-state index in [1.165, 1.54) is 0 Å². The zero-order valence-electron chi connectivity index (χ0n) is 13.0. The van der Waals surface area contributed by atoms with Crippen molar-refractivity contribution < 1.29 is 23.9 Å². The second-order valence-electron chi connectivity index (χ2n) is 4.73. The summed E-state index contributed by atoms with van der Waals surface area (Å²) in [5.41, 5.74) is 0.469. The van der Waals surface area contributed by atoms with Gasteiger partial charge in [-0.3, -0.25) is 14.4 Å². The number of carbonyl (C=O) groups excluding carboxylic acids is 3. The summed E-state index contributed by atoms with van der Waals surface area (Å²) in [4.78, 5) is 35.8. The molecule has 0 bridgehead atoms. The van der Waals surface area contributed by atoms with Gasteiger partial charge in [-0.05, 0) is 26.7 Å². The average molecular weight is 306 g/mol. The van der Waals surface area contributed by atoms with Crippen molar-refractivity contribution >= 4 is 17.7 Å². The Kier molecular flexibility index (Phi) is 7.89. The number of Topliss-reactive ketones (excluding diaryl/α,β-unsaturated/α-hetero) is 1. The van der Waals surface area contributed by atoms with Crippen LogP contribution in [0.2, 0.25) is 0 Å². The minimum atomic E-state index is -0.878. The van der Waals surface area contributed by atoms with Crippen molar-refractivity contribution in [2.45, 2.75) is 33.1 Å². The van der Waals surface area contributed by atoms with Crippen LogP contribution in [-0.2, 0) is 19.1 Å². The Labute approximate surface area is 130 Å². The molecular weight excluding hydrogens is 284 g/mol. The van der Waals surface area contributed by atoms with Crippen LogP contribution in [0, 0.1) is 5.92 Å². The fourth-order valence-corrected chi connectivity index (χ4v) is 2.09. The van der Waals surface area contributed by atoms with Crippen molar-refractivity contribution in [2.24, 2.45) is 5.92 Å². The molecule has 0 heterocycles. The van der Waals surface area contributed by atoms with Gasteiger partial charge in [0.25, 0.3) is 0 Å². The van der Waals surface area contributed by atoms with E-state index in [-0.39, 0.29) is 31.2 Å². The van der Waals surface area contributed by atoms with Crippen molar-refractivity contribution in [3.63, 3.8) is 0 Å². The lowest BCUT2D eigenvalue weighted by atomic mass is 9.92. The zero-order valence-corrected chi connectivity index (χ0v) is 13.0. The second-order valence-corrected chi connectivity index (χ2v) is 4.73. The van der Waals surface area contributed by atoms with E-state index >= 15 is 0 Å². The molecule has 1 rings (SSSR count). The Balaban J connectivity index is 2.70. The fraction of sp³-hybridized carbons (Fsp3) is 0.471. The number of hydrogen-bond donors (Lipinski definition) is 0. The van der Waals surface area contributed by atoms with E-state index in [2.05, 4.69) is 0 Å². The molecule has 0 aromatic heterocycles. The highest BCUT2D eigenvalue weighted by molar-refractivity contribution is 6.08. The fourth-order valence-electron chi connectivity index (χ4n) is 2.09. The monoisotopic (exact) mass is 306 g/mol. The van der Waals surface area contributed by atoms with E-state index in [0.717, 1.165) is 0 Å². The Hall–Kier alpha value is -2.17. The smallest absolute Gasteiger partial charge is 0.316 e. The first-order chi connectivity index (χ1) is 10.6. The Morgan fingerprint density at radius 2 is 1.64 bits per heavy atom. The van der Waals surface area contributed by atoms with E-state index in [4.69, 9.17) is 9.47 Å². The minimum Gasteiger partial charge on any atom is -0.466 e. The molecule has 0 saturated heterocycles. The van der Waals surface area contributed by atoms with Crippen LogP contribution in [0.15, 0.2) is 30.3 Å². The maximum atomic E-state index is 12.4. The summed E-state index contributed by atoms with van der Waals surface area (Å²) in [6.07, 6.45) is 0.859. The molecule has 1 unspecified atom stereocenters. The van der Waals surface area contributed by atoms with Gasteiger partial charge >= 0.3 is 11.9 Å². The van der Waals surface area contributed by atoms with Crippen molar-refractivity contribution in [2.75, 3.05) is 13.2 Å². The second kappa shape index (κ2) is 9.71. The van der Waals surface area contributed by atoms with Crippen LogP contribution in [-0.4, -0.2) is 30.9 Å². The topological polar surface area (TPSA) is 69.7 Å². The van der Waals surface area contributed by atoms with Gasteiger partial charge in [0.15, 0.2) is 5.78 Å². The molecule has 0 N–H and O–H groups in total. The van der Waals surface area contributed by atoms with Gasteiger partial charge in [-0.1, -0.05) is 30.3 Å². The summed E-state index contributed by atoms with van der Waals surface area (Å²) in [5, 5.41) is 0. The molecule has 0 saturated carbocycles. The van der Waals surface area contributed by atoms with Crippen LogP contribution in [0.4, 0.5) is 0 Å². The first-order valence-corrected chi connectivity index (χ1v) is 7.51. The number of ketones is 1. The molecule has 1 aromatic rings. The summed E-state index contributed by atoms with van der Waals surface area (Å²) in [5.74, 6) is -2.02. The van der Waals surface area contributed by atoms with Crippen LogP contribution in [0.1, 0.15) is 43.5 Å². The molecule has 120 valence electrons. The van der Waals surface area contributed by atoms with E-state index in [0.29, 0.717) is 18.6 Å². The highest BCUT2D eigenvalue weighted by Crippen LogP contribution is 2.17. The number of ether oxygens (including phenoxy) is 2. The normalized spacial score (nSPS) is 11.5. The SMILES string of the molecule is CCOC(=O)CCCC(C(=O)OCC)C(=O)c1ccccc1. The van der Waals surface area contributed by atoms with Gasteiger partial charge in [0.05, 0.1) is 13.2 Å². The summed E-state index contributed by atoms with van der Waals surface area (Å²) < 4.78 is 9.81. The predicted molar refractivity (Wildman–Crippen MR) is 81.4 cm³/mol. The molecule has 0 aliphatic carbocycles. The standard InChI is InChI=1S/C17H22O5/c1-3-21-15(18)12-8-11-14(17(20)22-4-2)16(19)13-9-6-5-7-10-13/h5-7,9-10,14H,3-4,8,11-12H2,1-2H3. The molecule has 0 aliphatic rings. The van der Waals surface area contributed by atoms with Gasteiger partial charge in [0.2, 0.25) is 0 Å². The van der Waals surface area contributed by atoms with Gasteiger partial charge in [0.1, 0.15) is 5.92 Å². The largest absolute Gasteiger partial charge is 0.466 e. The number of carbonyl (C=O) groups is 3. The highest BCUT2D eigenvalue weighted by atomic mass is 16.5. The molecule has 5 nitrogen and oxygen atoms in total. The van der Waals surface area contributed by atoms with E-state index < -0.39 is 11.9 Å². The zero-order chi connectivity index (χ0) is 16.4. The number of esters is 2. The van der Waals surface area contributed by atoms with Gasteiger partial charge < -0.3 is 9.47 Å². The third-order valence-electron chi connectivity index (χ3n) is 3.12. The molecule has 0 aliphatic heterocycles. The van der Waals surface area contributed by atoms with Crippen LogP contribution < -0.4 is 0 Å². The maximum Gasteiger partial charge on any atom is 0.316 e. The lowest BCUT2D eigenvalue weighted by Crippen LogP contribution is -2.26. The molecular formula is C17H22O5. The molecule has 0 fully saturated rings. The third-order valence-corrected chi connectivity index (χ3v) is 3.12.